The van der Waals surface area contributed by atoms with E-state index in [0.717, 1.165) is 33.5 Å². The summed E-state index contributed by atoms with van der Waals surface area (Å²) in [6.45, 7) is 4.73. The SMILES string of the molecule is CC1(C)c2cc(-c3cccc(-c4ccc(-c5nc(-c6ccccc6)cc(-c6ccc7ccccc7c6)n5)c5ccccc45)c3)ccc2-c2c1ccc1ccccc21. The first-order valence-corrected chi connectivity index (χ1v) is 19.7. The Morgan fingerprint density at radius 2 is 0.912 bits per heavy atom. The van der Waals surface area contributed by atoms with Crippen LogP contribution in [0.4, 0.5) is 0 Å². The second-order valence-corrected chi connectivity index (χ2v) is 15.8. The molecule has 10 aromatic rings. The highest BCUT2D eigenvalue weighted by atomic mass is 14.9. The van der Waals surface area contributed by atoms with Gasteiger partial charge in [-0.15, -0.1) is 0 Å². The van der Waals surface area contributed by atoms with Gasteiger partial charge >= 0.3 is 0 Å². The van der Waals surface area contributed by atoms with Crippen molar-refractivity contribution >= 4 is 32.3 Å². The number of hydrogen-bond donors (Lipinski definition) is 0. The predicted molar refractivity (Wildman–Crippen MR) is 239 cm³/mol. The van der Waals surface area contributed by atoms with E-state index in [-0.39, 0.29) is 5.41 Å². The van der Waals surface area contributed by atoms with Crippen LogP contribution in [0.25, 0.3) is 99.6 Å². The lowest BCUT2D eigenvalue weighted by molar-refractivity contribution is 0.661. The van der Waals surface area contributed by atoms with Crippen LogP contribution >= 0.6 is 0 Å². The molecule has 2 nitrogen and oxygen atoms in total. The van der Waals surface area contributed by atoms with Crippen molar-refractivity contribution in [2.24, 2.45) is 0 Å². The molecule has 57 heavy (non-hydrogen) atoms. The Kier molecular flexibility index (Phi) is 7.55. The lowest BCUT2D eigenvalue weighted by Gasteiger charge is -2.22. The first kappa shape index (κ1) is 33.2. The normalized spacial score (nSPS) is 12.9. The van der Waals surface area contributed by atoms with E-state index < -0.39 is 0 Å². The molecule has 1 aromatic heterocycles. The summed E-state index contributed by atoms with van der Waals surface area (Å²) in [5.41, 5.74) is 15.2. The summed E-state index contributed by atoms with van der Waals surface area (Å²) in [6, 6.07) is 70.2. The third-order valence-electron chi connectivity index (χ3n) is 12.1. The van der Waals surface area contributed by atoms with E-state index >= 15 is 0 Å². The molecular formula is C55H38N2. The molecule has 0 fully saturated rings. The molecule has 0 amide bonds. The number of aromatic nitrogens is 2. The third-order valence-corrected chi connectivity index (χ3v) is 12.1. The van der Waals surface area contributed by atoms with Crippen molar-refractivity contribution < 1.29 is 0 Å². The molecular weight excluding hydrogens is 689 g/mol. The molecule has 0 atom stereocenters. The third kappa shape index (κ3) is 5.48. The molecule has 0 aliphatic heterocycles. The van der Waals surface area contributed by atoms with E-state index in [9.17, 15) is 0 Å². The van der Waals surface area contributed by atoms with Gasteiger partial charge in [-0.1, -0.05) is 178 Å². The first-order valence-electron chi connectivity index (χ1n) is 19.7. The van der Waals surface area contributed by atoms with Crippen LogP contribution in [-0.4, -0.2) is 9.97 Å². The summed E-state index contributed by atoms with van der Waals surface area (Å²) in [4.78, 5) is 10.5. The molecule has 0 saturated carbocycles. The molecule has 1 aliphatic carbocycles. The maximum Gasteiger partial charge on any atom is 0.161 e. The highest BCUT2D eigenvalue weighted by molar-refractivity contribution is 6.05. The first-order chi connectivity index (χ1) is 28.0. The van der Waals surface area contributed by atoms with Gasteiger partial charge in [0.15, 0.2) is 5.82 Å². The summed E-state index contributed by atoms with van der Waals surface area (Å²) < 4.78 is 0. The molecule has 0 spiro atoms. The average molecular weight is 727 g/mol. The maximum absolute atomic E-state index is 5.27. The fourth-order valence-electron chi connectivity index (χ4n) is 9.12. The van der Waals surface area contributed by atoms with Crippen molar-refractivity contribution in [3.8, 4) is 67.3 Å². The Labute approximate surface area is 332 Å². The van der Waals surface area contributed by atoms with Crippen LogP contribution in [0.5, 0.6) is 0 Å². The molecule has 0 bridgehead atoms. The number of fused-ring (bicyclic) bond motifs is 7. The Morgan fingerprint density at radius 3 is 1.74 bits per heavy atom. The van der Waals surface area contributed by atoms with Gasteiger partial charge in [0.2, 0.25) is 0 Å². The van der Waals surface area contributed by atoms with E-state index in [1.165, 1.54) is 71.4 Å². The molecule has 0 saturated heterocycles. The molecule has 268 valence electrons. The van der Waals surface area contributed by atoms with Crippen LogP contribution in [-0.2, 0) is 5.41 Å². The molecule has 1 heterocycles. The minimum absolute atomic E-state index is 0.0948. The molecule has 0 unspecified atom stereocenters. The number of nitrogens with zero attached hydrogens (tertiary/aromatic N) is 2. The van der Waals surface area contributed by atoms with E-state index in [4.69, 9.17) is 9.97 Å². The van der Waals surface area contributed by atoms with Crippen LogP contribution in [0.15, 0.2) is 194 Å². The quantitative estimate of drug-likeness (QED) is 0.176. The Hall–Kier alpha value is -7.16. The van der Waals surface area contributed by atoms with Crippen LogP contribution in [0.1, 0.15) is 25.0 Å². The Bertz CT molecular complexity index is 3210. The molecule has 0 N–H and O–H groups in total. The van der Waals surface area contributed by atoms with Crippen molar-refractivity contribution in [3.05, 3.63) is 205 Å². The molecule has 1 aliphatic rings. The van der Waals surface area contributed by atoms with Gasteiger partial charge in [0.05, 0.1) is 11.4 Å². The number of benzene rings is 9. The smallest absolute Gasteiger partial charge is 0.161 e. The van der Waals surface area contributed by atoms with Gasteiger partial charge in [0, 0.05) is 22.1 Å². The second-order valence-electron chi connectivity index (χ2n) is 15.8. The van der Waals surface area contributed by atoms with E-state index in [0.29, 0.717) is 5.82 Å². The Balaban J connectivity index is 1.02. The molecule has 9 aromatic carbocycles. The Morgan fingerprint density at radius 1 is 0.333 bits per heavy atom. The van der Waals surface area contributed by atoms with Crippen LogP contribution in [0, 0.1) is 0 Å². The van der Waals surface area contributed by atoms with Gasteiger partial charge in [-0.2, -0.15) is 0 Å². The zero-order chi connectivity index (χ0) is 38.1. The minimum atomic E-state index is -0.0948. The summed E-state index contributed by atoms with van der Waals surface area (Å²) in [7, 11) is 0. The van der Waals surface area contributed by atoms with Crippen molar-refractivity contribution in [1.29, 1.82) is 0 Å². The van der Waals surface area contributed by atoms with Crippen LogP contribution in [0.2, 0.25) is 0 Å². The minimum Gasteiger partial charge on any atom is -0.228 e. The number of hydrogen-bond acceptors (Lipinski definition) is 2. The van der Waals surface area contributed by atoms with Gasteiger partial charge in [0.1, 0.15) is 0 Å². The predicted octanol–water partition coefficient (Wildman–Crippen LogP) is 14.6. The molecule has 2 heteroatoms. The lowest BCUT2D eigenvalue weighted by Crippen LogP contribution is -2.15. The van der Waals surface area contributed by atoms with E-state index in [2.05, 4.69) is 202 Å². The van der Waals surface area contributed by atoms with Crippen molar-refractivity contribution in [2.75, 3.05) is 0 Å². The average Bonchev–Trinajstić information content (AvgIpc) is 3.51. The molecule has 11 rings (SSSR count). The second kappa shape index (κ2) is 13.0. The zero-order valence-electron chi connectivity index (χ0n) is 31.9. The highest BCUT2D eigenvalue weighted by Crippen LogP contribution is 2.52. The summed E-state index contributed by atoms with van der Waals surface area (Å²) in [5.74, 6) is 0.713. The summed E-state index contributed by atoms with van der Waals surface area (Å²) >= 11 is 0. The van der Waals surface area contributed by atoms with Gasteiger partial charge < -0.3 is 0 Å². The summed E-state index contributed by atoms with van der Waals surface area (Å²) in [5, 5.41) is 7.31. The van der Waals surface area contributed by atoms with Crippen LogP contribution < -0.4 is 0 Å². The van der Waals surface area contributed by atoms with E-state index in [1.807, 2.05) is 6.07 Å². The zero-order valence-corrected chi connectivity index (χ0v) is 31.9. The fraction of sp³-hybridized carbons (Fsp3) is 0.0545. The standard InChI is InChI=1S/C55H38N2/c1-55(2)49-30-26-36-14-8-9-20-44(36)53(49)48-27-25-40(33-50(48)55)39-18-12-19-41(31-39)43-28-29-47(46-22-11-10-21-45(43)46)54-56-51(37-15-4-3-5-16-37)34-52(57-54)42-24-23-35-13-6-7-17-38(35)32-42/h3-34H,1-2H3. The summed E-state index contributed by atoms with van der Waals surface area (Å²) in [6.07, 6.45) is 0. The molecule has 0 radical (unpaired) electrons. The van der Waals surface area contributed by atoms with Crippen molar-refractivity contribution in [3.63, 3.8) is 0 Å². The largest absolute Gasteiger partial charge is 0.228 e. The van der Waals surface area contributed by atoms with Crippen molar-refractivity contribution in [2.45, 2.75) is 19.3 Å². The van der Waals surface area contributed by atoms with Crippen LogP contribution in [0.3, 0.4) is 0 Å². The topological polar surface area (TPSA) is 25.8 Å². The van der Waals surface area contributed by atoms with Crippen molar-refractivity contribution in [1.82, 2.24) is 9.97 Å². The number of rotatable bonds is 5. The van der Waals surface area contributed by atoms with Gasteiger partial charge in [0.25, 0.3) is 0 Å². The lowest BCUT2D eigenvalue weighted by atomic mass is 9.81. The van der Waals surface area contributed by atoms with Gasteiger partial charge in [-0.25, -0.2) is 9.97 Å². The van der Waals surface area contributed by atoms with Gasteiger partial charge in [-0.05, 0) is 107 Å². The monoisotopic (exact) mass is 726 g/mol. The van der Waals surface area contributed by atoms with E-state index in [1.54, 1.807) is 0 Å². The maximum atomic E-state index is 5.27. The fourth-order valence-corrected chi connectivity index (χ4v) is 9.12. The highest BCUT2D eigenvalue weighted by Gasteiger charge is 2.36. The van der Waals surface area contributed by atoms with Gasteiger partial charge in [-0.3, -0.25) is 0 Å².